The molecule has 0 aliphatic carbocycles. The molecule has 23 heavy (non-hydrogen) atoms. The van der Waals surface area contributed by atoms with Gasteiger partial charge in [-0.25, -0.2) is 0 Å². The summed E-state index contributed by atoms with van der Waals surface area (Å²) in [6.07, 6.45) is 4.72. The number of rotatable bonds is 12. The summed E-state index contributed by atoms with van der Waals surface area (Å²) >= 11 is 0. The van der Waals surface area contributed by atoms with Crippen LogP contribution in [0.25, 0.3) is 0 Å². The zero-order valence-electron chi connectivity index (χ0n) is 15.3. The van der Waals surface area contributed by atoms with Gasteiger partial charge in [-0.1, -0.05) is 6.92 Å². The van der Waals surface area contributed by atoms with E-state index < -0.39 is 0 Å². The zero-order chi connectivity index (χ0) is 16.8. The summed E-state index contributed by atoms with van der Waals surface area (Å²) in [5.41, 5.74) is 0. The Kier molecular flexibility index (Phi) is 11.9. The highest BCUT2D eigenvalue weighted by atomic mass is 16.5. The molecule has 1 aliphatic rings. The quantitative estimate of drug-likeness (QED) is 0.323. The lowest BCUT2D eigenvalue weighted by Crippen LogP contribution is -2.39. The fourth-order valence-corrected chi connectivity index (χ4v) is 2.84. The van der Waals surface area contributed by atoms with Gasteiger partial charge in [-0.2, -0.15) is 0 Å². The van der Waals surface area contributed by atoms with Crippen molar-refractivity contribution in [2.75, 3.05) is 59.7 Å². The van der Waals surface area contributed by atoms with E-state index in [4.69, 9.17) is 14.5 Å². The molecule has 0 saturated carbocycles. The molecule has 0 aromatic rings. The number of hydrogen-bond donors (Lipinski definition) is 2. The van der Waals surface area contributed by atoms with E-state index in [2.05, 4.69) is 29.4 Å². The molecular weight excluding hydrogens is 292 g/mol. The van der Waals surface area contributed by atoms with Crippen LogP contribution in [0, 0.1) is 0 Å². The minimum atomic E-state index is 0.615. The van der Waals surface area contributed by atoms with Gasteiger partial charge in [0.15, 0.2) is 5.96 Å². The highest BCUT2D eigenvalue weighted by Gasteiger charge is 2.22. The van der Waals surface area contributed by atoms with Crippen molar-refractivity contribution in [1.82, 2.24) is 15.5 Å². The Hall–Kier alpha value is -0.850. The van der Waals surface area contributed by atoms with E-state index in [1.165, 1.54) is 19.4 Å². The van der Waals surface area contributed by atoms with E-state index in [1.807, 2.05) is 0 Å². The van der Waals surface area contributed by atoms with Gasteiger partial charge in [0.1, 0.15) is 0 Å². The van der Waals surface area contributed by atoms with Crippen LogP contribution in [0.3, 0.4) is 0 Å². The Morgan fingerprint density at radius 2 is 2.04 bits per heavy atom. The average Bonchev–Trinajstić information content (AvgIpc) is 3.02. The van der Waals surface area contributed by atoms with Crippen molar-refractivity contribution in [3.63, 3.8) is 0 Å². The fourth-order valence-electron chi connectivity index (χ4n) is 2.84. The second kappa shape index (κ2) is 13.6. The molecule has 6 nitrogen and oxygen atoms in total. The number of guanidine groups is 1. The Morgan fingerprint density at radius 1 is 1.17 bits per heavy atom. The van der Waals surface area contributed by atoms with Crippen LogP contribution in [0.15, 0.2) is 4.99 Å². The van der Waals surface area contributed by atoms with Crippen molar-refractivity contribution in [2.45, 2.75) is 45.6 Å². The zero-order valence-corrected chi connectivity index (χ0v) is 15.3. The molecule has 0 aromatic carbocycles. The SMILES string of the molecule is CCNC(=NCC1CCCN1CC)NCCCCOCCOC. The largest absolute Gasteiger partial charge is 0.382 e. The molecular formula is C17H36N4O2. The van der Waals surface area contributed by atoms with E-state index in [0.29, 0.717) is 19.3 Å². The molecule has 0 radical (unpaired) electrons. The second-order valence-electron chi connectivity index (χ2n) is 5.88. The van der Waals surface area contributed by atoms with Crippen LogP contribution in [-0.4, -0.2) is 76.6 Å². The van der Waals surface area contributed by atoms with Gasteiger partial charge in [-0.15, -0.1) is 0 Å². The van der Waals surface area contributed by atoms with Crippen molar-refractivity contribution in [3.8, 4) is 0 Å². The first-order chi connectivity index (χ1) is 11.3. The predicted molar refractivity (Wildman–Crippen MR) is 96.2 cm³/mol. The van der Waals surface area contributed by atoms with E-state index in [0.717, 1.165) is 51.6 Å². The summed E-state index contributed by atoms with van der Waals surface area (Å²) in [4.78, 5) is 7.29. The van der Waals surface area contributed by atoms with Crippen molar-refractivity contribution < 1.29 is 9.47 Å². The Bertz CT molecular complexity index is 313. The summed E-state index contributed by atoms with van der Waals surface area (Å²) in [7, 11) is 1.69. The summed E-state index contributed by atoms with van der Waals surface area (Å²) in [5, 5.41) is 6.75. The number of likely N-dealkylation sites (tertiary alicyclic amines) is 1. The van der Waals surface area contributed by atoms with E-state index in [-0.39, 0.29) is 0 Å². The van der Waals surface area contributed by atoms with E-state index in [9.17, 15) is 0 Å². The number of unbranched alkanes of at least 4 members (excludes halogenated alkanes) is 1. The number of aliphatic imine (C=N–C) groups is 1. The molecule has 0 bridgehead atoms. The first-order valence-electron chi connectivity index (χ1n) is 9.14. The van der Waals surface area contributed by atoms with Crippen LogP contribution in [0.4, 0.5) is 0 Å². The van der Waals surface area contributed by atoms with Crippen LogP contribution in [0.2, 0.25) is 0 Å². The molecule has 6 heteroatoms. The third kappa shape index (κ3) is 9.13. The Morgan fingerprint density at radius 3 is 2.78 bits per heavy atom. The molecule has 1 heterocycles. The molecule has 1 aliphatic heterocycles. The predicted octanol–water partition coefficient (Wildman–Crippen LogP) is 1.47. The van der Waals surface area contributed by atoms with Gasteiger partial charge < -0.3 is 20.1 Å². The number of likely N-dealkylation sites (N-methyl/N-ethyl adjacent to an activating group) is 1. The maximum Gasteiger partial charge on any atom is 0.191 e. The number of ether oxygens (including phenoxy) is 2. The minimum Gasteiger partial charge on any atom is -0.382 e. The second-order valence-corrected chi connectivity index (χ2v) is 5.88. The van der Waals surface area contributed by atoms with Crippen LogP contribution in [0.1, 0.15) is 39.5 Å². The molecule has 0 aromatic heterocycles. The molecule has 1 fully saturated rings. The number of nitrogens with zero attached hydrogens (tertiary/aromatic N) is 2. The smallest absolute Gasteiger partial charge is 0.191 e. The van der Waals surface area contributed by atoms with Gasteiger partial charge in [0.05, 0.1) is 19.8 Å². The number of nitrogens with one attached hydrogen (secondary N) is 2. The maximum atomic E-state index is 5.46. The lowest BCUT2D eigenvalue weighted by molar-refractivity contribution is 0.0689. The molecule has 0 spiro atoms. The lowest BCUT2D eigenvalue weighted by atomic mass is 10.2. The van der Waals surface area contributed by atoms with Gasteiger partial charge in [-0.05, 0) is 45.7 Å². The Balaban J connectivity index is 2.17. The Labute approximate surface area is 142 Å². The van der Waals surface area contributed by atoms with Crippen molar-refractivity contribution in [1.29, 1.82) is 0 Å². The van der Waals surface area contributed by atoms with Gasteiger partial charge in [0.2, 0.25) is 0 Å². The van der Waals surface area contributed by atoms with Crippen LogP contribution in [-0.2, 0) is 9.47 Å². The summed E-state index contributed by atoms with van der Waals surface area (Å²) in [5.74, 6) is 0.941. The van der Waals surface area contributed by atoms with E-state index in [1.54, 1.807) is 7.11 Å². The first kappa shape index (κ1) is 20.2. The van der Waals surface area contributed by atoms with Crippen molar-refractivity contribution in [2.24, 2.45) is 4.99 Å². The highest BCUT2D eigenvalue weighted by Crippen LogP contribution is 2.16. The summed E-state index contributed by atoms with van der Waals surface area (Å²) in [6, 6.07) is 0.615. The molecule has 1 unspecified atom stereocenters. The third-order valence-corrected chi connectivity index (χ3v) is 4.15. The van der Waals surface area contributed by atoms with Gasteiger partial charge >= 0.3 is 0 Å². The number of methoxy groups -OCH3 is 1. The van der Waals surface area contributed by atoms with Crippen LogP contribution < -0.4 is 10.6 Å². The van der Waals surface area contributed by atoms with E-state index >= 15 is 0 Å². The van der Waals surface area contributed by atoms with Crippen LogP contribution >= 0.6 is 0 Å². The first-order valence-corrected chi connectivity index (χ1v) is 9.14. The van der Waals surface area contributed by atoms with Gasteiger partial charge in [-0.3, -0.25) is 9.89 Å². The van der Waals surface area contributed by atoms with Gasteiger partial charge in [0, 0.05) is 32.8 Å². The topological polar surface area (TPSA) is 58.1 Å². The normalized spacial score (nSPS) is 19.3. The highest BCUT2D eigenvalue weighted by molar-refractivity contribution is 5.79. The lowest BCUT2D eigenvalue weighted by Gasteiger charge is -2.21. The van der Waals surface area contributed by atoms with Gasteiger partial charge in [0.25, 0.3) is 0 Å². The number of hydrogen-bond acceptors (Lipinski definition) is 4. The maximum absolute atomic E-state index is 5.46. The monoisotopic (exact) mass is 328 g/mol. The summed E-state index contributed by atoms with van der Waals surface area (Å²) < 4.78 is 10.4. The molecule has 136 valence electrons. The van der Waals surface area contributed by atoms with Crippen LogP contribution in [0.5, 0.6) is 0 Å². The minimum absolute atomic E-state index is 0.615. The fraction of sp³-hybridized carbons (Fsp3) is 0.941. The standard InChI is InChI=1S/C17H36N4O2/c1-4-18-17(19-10-6-7-12-23-14-13-22-3)20-15-16-9-8-11-21(16)5-2/h16H,4-15H2,1-3H3,(H2,18,19,20). The van der Waals surface area contributed by atoms with Crippen molar-refractivity contribution >= 4 is 5.96 Å². The molecule has 1 saturated heterocycles. The molecule has 1 rings (SSSR count). The summed E-state index contributed by atoms with van der Waals surface area (Å²) in [6.45, 7) is 11.6. The molecule has 0 amide bonds. The third-order valence-electron chi connectivity index (χ3n) is 4.15. The van der Waals surface area contributed by atoms with Crippen molar-refractivity contribution in [3.05, 3.63) is 0 Å². The molecule has 2 N–H and O–H groups in total. The molecule has 1 atom stereocenters. The average molecular weight is 329 g/mol.